The number of rotatable bonds is 5. The fraction of sp³-hybridized carbons (Fsp3) is 0.471. The fourth-order valence-electron chi connectivity index (χ4n) is 3.41. The Bertz CT molecular complexity index is 744. The number of imidazole rings is 1. The van der Waals surface area contributed by atoms with E-state index in [1.165, 1.54) is 6.42 Å². The molecule has 0 unspecified atom stereocenters. The van der Waals surface area contributed by atoms with Crippen LogP contribution in [0.3, 0.4) is 0 Å². The Morgan fingerprint density at radius 2 is 1.96 bits per heavy atom. The van der Waals surface area contributed by atoms with Gasteiger partial charge in [-0.3, -0.25) is 9.59 Å². The molecule has 1 amide bonds. The third kappa shape index (κ3) is 3.06. The number of nitrogens with two attached hydrogens (primary N) is 2. The van der Waals surface area contributed by atoms with E-state index in [9.17, 15) is 9.59 Å². The zero-order valence-electron chi connectivity index (χ0n) is 13.1. The van der Waals surface area contributed by atoms with Gasteiger partial charge in [0.25, 0.3) is 0 Å². The van der Waals surface area contributed by atoms with Gasteiger partial charge in [0.1, 0.15) is 5.52 Å². The van der Waals surface area contributed by atoms with E-state index >= 15 is 0 Å². The fourth-order valence-corrected chi connectivity index (χ4v) is 3.41. The molecule has 1 fully saturated rings. The number of Topliss-reactive ketones (excluding diaryl/α,β-unsaturated/α-hetero) is 1. The van der Waals surface area contributed by atoms with Gasteiger partial charge < -0.3 is 16.0 Å². The van der Waals surface area contributed by atoms with Crippen LogP contribution in [0.15, 0.2) is 18.2 Å². The summed E-state index contributed by atoms with van der Waals surface area (Å²) in [5.74, 6) is 0.173. The summed E-state index contributed by atoms with van der Waals surface area (Å²) in [5, 5.41) is 0. The maximum Gasteiger partial charge on any atom is 0.219 e. The van der Waals surface area contributed by atoms with Crippen LogP contribution >= 0.6 is 0 Å². The molecule has 0 aliphatic heterocycles. The number of carbonyl (C=O) groups is 2. The highest BCUT2D eigenvalue weighted by Gasteiger charge is 2.25. The van der Waals surface area contributed by atoms with Gasteiger partial charge in [-0.15, -0.1) is 0 Å². The molecule has 122 valence electrons. The molecule has 6 nitrogen and oxygen atoms in total. The number of ketones is 1. The lowest BCUT2D eigenvalue weighted by molar-refractivity contribution is -0.118. The topological polar surface area (TPSA) is 104 Å². The van der Waals surface area contributed by atoms with E-state index in [4.69, 9.17) is 11.5 Å². The van der Waals surface area contributed by atoms with Crippen LogP contribution in [0.4, 0.5) is 5.95 Å². The van der Waals surface area contributed by atoms with Crippen molar-refractivity contribution in [2.75, 3.05) is 5.73 Å². The molecule has 0 radical (unpaired) electrons. The predicted molar refractivity (Wildman–Crippen MR) is 88.9 cm³/mol. The summed E-state index contributed by atoms with van der Waals surface area (Å²) in [7, 11) is 0. The summed E-state index contributed by atoms with van der Waals surface area (Å²) in [6.45, 7) is 0.374. The van der Waals surface area contributed by atoms with E-state index in [1.54, 1.807) is 4.57 Å². The molecule has 0 bridgehead atoms. The molecular weight excluding hydrogens is 292 g/mol. The molecule has 2 aromatic rings. The molecule has 1 aromatic carbocycles. The van der Waals surface area contributed by atoms with Crippen molar-refractivity contribution in [2.45, 2.75) is 45.1 Å². The standard InChI is InChI=1S/C17H22N4O2/c18-14(22)9-10-21-13-8-4-7-12(15(13)20-17(21)19)16(23)11-5-2-1-3-6-11/h4,7-8,11H,1-3,5-6,9-10H2,(H2,18,22)(H2,19,20). The van der Waals surface area contributed by atoms with Gasteiger partial charge in [0, 0.05) is 24.4 Å². The summed E-state index contributed by atoms with van der Waals surface area (Å²) in [6.07, 6.45) is 5.53. The van der Waals surface area contributed by atoms with E-state index in [-0.39, 0.29) is 24.0 Å². The smallest absolute Gasteiger partial charge is 0.219 e. The molecule has 1 aliphatic carbocycles. The van der Waals surface area contributed by atoms with Crippen molar-refractivity contribution in [3.8, 4) is 0 Å². The summed E-state index contributed by atoms with van der Waals surface area (Å²) in [6, 6.07) is 5.54. The Kier molecular flexibility index (Phi) is 4.32. The summed E-state index contributed by atoms with van der Waals surface area (Å²) in [4.78, 5) is 28.2. The Hall–Kier alpha value is -2.37. The van der Waals surface area contributed by atoms with Crippen molar-refractivity contribution < 1.29 is 9.59 Å². The van der Waals surface area contributed by atoms with E-state index in [0.717, 1.165) is 31.2 Å². The molecule has 0 spiro atoms. The molecule has 1 heterocycles. The lowest BCUT2D eigenvalue weighted by atomic mass is 9.83. The summed E-state index contributed by atoms with van der Waals surface area (Å²) in [5.41, 5.74) is 13.2. The van der Waals surface area contributed by atoms with Crippen LogP contribution in [0.5, 0.6) is 0 Å². The molecule has 0 saturated heterocycles. The maximum atomic E-state index is 12.8. The SMILES string of the molecule is NC(=O)CCn1c(N)nc2c(C(=O)C3CCCCC3)cccc21. The monoisotopic (exact) mass is 314 g/mol. The van der Waals surface area contributed by atoms with Gasteiger partial charge in [0.15, 0.2) is 5.78 Å². The minimum absolute atomic E-state index is 0.0892. The first-order valence-corrected chi connectivity index (χ1v) is 8.15. The lowest BCUT2D eigenvalue weighted by Crippen LogP contribution is -2.18. The van der Waals surface area contributed by atoms with Gasteiger partial charge in [0.05, 0.1) is 5.52 Å². The molecule has 3 rings (SSSR count). The van der Waals surface area contributed by atoms with Gasteiger partial charge >= 0.3 is 0 Å². The second-order valence-corrected chi connectivity index (χ2v) is 6.21. The molecular formula is C17H22N4O2. The average Bonchev–Trinajstić information content (AvgIpc) is 2.88. The van der Waals surface area contributed by atoms with Crippen LogP contribution in [0.1, 0.15) is 48.9 Å². The number of nitrogen functional groups attached to an aromatic ring is 1. The van der Waals surface area contributed by atoms with Gasteiger partial charge in [-0.05, 0) is 25.0 Å². The number of primary amides is 1. The minimum atomic E-state index is -0.388. The van der Waals surface area contributed by atoms with E-state index < -0.39 is 0 Å². The third-order valence-electron chi connectivity index (χ3n) is 4.63. The number of nitrogens with zero attached hydrogens (tertiary/aromatic N) is 2. The molecule has 23 heavy (non-hydrogen) atoms. The van der Waals surface area contributed by atoms with Gasteiger partial charge in [-0.2, -0.15) is 0 Å². The second-order valence-electron chi connectivity index (χ2n) is 6.21. The van der Waals surface area contributed by atoms with Crippen molar-refractivity contribution >= 4 is 28.7 Å². The van der Waals surface area contributed by atoms with Crippen LogP contribution in [-0.2, 0) is 11.3 Å². The number of hydrogen-bond acceptors (Lipinski definition) is 4. The zero-order valence-corrected chi connectivity index (χ0v) is 13.1. The molecule has 0 atom stereocenters. The van der Waals surface area contributed by atoms with Crippen LogP contribution in [0.25, 0.3) is 11.0 Å². The van der Waals surface area contributed by atoms with Crippen LogP contribution in [0, 0.1) is 5.92 Å². The first kappa shape index (κ1) is 15.5. The zero-order chi connectivity index (χ0) is 16.4. The normalized spacial score (nSPS) is 15.8. The van der Waals surface area contributed by atoms with Crippen LogP contribution < -0.4 is 11.5 Å². The van der Waals surface area contributed by atoms with Crippen LogP contribution in [0.2, 0.25) is 0 Å². The largest absolute Gasteiger partial charge is 0.370 e. The second kappa shape index (κ2) is 6.40. The number of benzene rings is 1. The first-order chi connectivity index (χ1) is 11.1. The maximum absolute atomic E-state index is 12.8. The van der Waals surface area contributed by atoms with Gasteiger partial charge in [-0.1, -0.05) is 25.3 Å². The van der Waals surface area contributed by atoms with E-state index in [2.05, 4.69) is 4.98 Å². The Balaban J connectivity index is 1.97. The van der Waals surface area contributed by atoms with E-state index in [1.807, 2.05) is 18.2 Å². The predicted octanol–water partition coefficient (Wildman–Crippen LogP) is 2.26. The Morgan fingerprint density at radius 1 is 1.22 bits per heavy atom. The molecule has 6 heteroatoms. The molecule has 1 saturated carbocycles. The van der Waals surface area contributed by atoms with Crippen molar-refractivity contribution in [2.24, 2.45) is 11.7 Å². The summed E-state index contributed by atoms with van der Waals surface area (Å²) < 4.78 is 1.75. The van der Waals surface area contributed by atoms with Gasteiger partial charge in [-0.25, -0.2) is 4.98 Å². The number of carbonyl (C=O) groups excluding carboxylic acids is 2. The van der Waals surface area contributed by atoms with Gasteiger partial charge in [0.2, 0.25) is 11.9 Å². The number of hydrogen-bond donors (Lipinski definition) is 2. The number of amides is 1. The number of aryl methyl sites for hydroxylation is 1. The number of aromatic nitrogens is 2. The highest BCUT2D eigenvalue weighted by Crippen LogP contribution is 2.30. The lowest BCUT2D eigenvalue weighted by Gasteiger charge is -2.20. The first-order valence-electron chi connectivity index (χ1n) is 8.15. The molecule has 4 N–H and O–H groups in total. The van der Waals surface area contributed by atoms with Crippen LogP contribution in [-0.4, -0.2) is 21.2 Å². The Labute approximate surface area is 134 Å². The highest BCUT2D eigenvalue weighted by molar-refractivity contribution is 6.07. The average molecular weight is 314 g/mol. The van der Waals surface area contributed by atoms with Crippen molar-refractivity contribution in [3.05, 3.63) is 23.8 Å². The van der Waals surface area contributed by atoms with E-state index in [0.29, 0.717) is 23.6 Å². The quantitative estimate of drug-likeness (QED) is 0.826. The van der Waals surface area contributed by atoms with Crippen molar-refractivity contribution in [1.82, 2.24) is 9.55 Å². The summed E-state index contributed by atoms with van der Waals surface area (Å²) >= 11 is 0. The van der Waals surface area contributed by atoms with Crippen molar-refractivity contribution in [3.63, 3.8) is 0 Å². The highest BCUT2D eigenvalue weighted by atomic mass is 16.1. The number of fused-ring (bicyclic) bond motifs is 1. The number of anilines is 1. The molecule has 1 aromatic heterocycles. The number of para-hydroxylation sites is 1. The molecule has 1 aliphatic rings. The van der Waals surface area contributed by atoms with Crippen molar-refractivity contribution in [1.29, 1.82) is 0 Å². The Morgan fingerprint density at radius 3 is 2.65 bits per heavy atom. The third-order valence-corrected chi connectivity index (χ3v) is 4.63. The minimum Gasteiger partial charge on any atom is -0.370 e.